The molecule has 0 radical (unpaired) electrons. The Bertz CT molecular complexity index is 644. The predicted octanol–water partition coefficient (Wildman–Crippen LogP) is 0.00210. The summed E-state index contributed by atoms with van der Waals surface area (Å²) in [5, 5.41) is 11.6. The summed E-state index contributed by atoms with van der Waals surface area (Å²) in [7, 11) is -3.70. The Labute approximate surface area is 122 Å². The third-order valence-corrected chi connectivity index (χ3v) is 5.26. The van der Waals surface area contributed by atoms with Crippen molar-refractivity contribution in [2.75, 3.05) is 13.1 Å². The molecule has 1 aliphatic rings. The van der Waals surface area contributed by atoms with Gasteiger partial charge in [-0.2, -0.15) is 4.31 Å². The van der Waals surface area contributed by atoms with Crippen molar-refractivity contribution in [3.8, 4) is 0 Å². The highest BCUT2D eigenvalue weighted by Gasteiger charge is 2.30. The second kappa shape index (κ2) is 5.86. The summed E-state index contributed by atoms with van der Waals surface area (Å²) in [6.07, 6.45) is 2.25. The number of aromatic carboxylic acids is 1. The normalized spacial score (nSPS) is 17.6. The Morgan fingerprint density at radius 2 is 2.00 bits per heavy atom. The van der Waals surface area contributed by atoms with E-state index < -0.39 is 16.0 Å². The number of amides is 1. The van der Waals surface area contributed by atoms with Crippen LogP contribution in [0, 0.1) is 0 Å². The highest BCUT2D eigenvalue weighted by molar-refractivity contribution is 7.89. The number of carboxylic acid groups (broad SMARTS) is 1. The van der Waals surface area contributed by atoms with E-state index in [2.05, 4.69) is 10.3 Å². The third-order valence-electron chi connectivity index (χ3n) is 3.39. The van der Waals surface area contributed by atoms with Crippen LogP contribution in [0.1, 0.15) is 30.3 Å². The van der Waals surface area contributed by atoms with Gasteiger partial charge in [0.25, 0.3) is 0 Å². The molecule has 1 saturated heterocycles. The molecule has 116 valence electrons. The molecule has 0 saturated carbocycles. The third kappa shape index (κ3) is 3.42. The van der Waals surface area contributed by atoms with Crippen molar-refractivity contribution in [2.24, 2.45) is 0 Å². The first kappa shape index (κ1) is 15.5. The molecule has 0 unspecified atom stereocenters. The number of nitrogens with one attached hydrogen (secondary N) is 2. The Hall–Kier alpha value is -1.87. The van der Waals surface area contributed by atoms with Crippen LogP contribution in [0.4, 0.5) is 0 Å². The second-order valence-electron chi connectivity index (χ2n) is 4.93. The highest BCUT2D eigenvalue weighted by Crippen LogP contribution is 2.21. The first-order valence-corrected chi connectivity index (χ1v) is 7.93. The minimum absolute atomic E-state index is 0.0187. The lowest BCUT2D eigenvalue weighted by molar-refractivity contribution is -0.119. The van der Waals surface area contributed by atoms with Gasteiger partial charge in [-0.25, -0.2) is 13.2 Å². The van der Waals surface area contributed by atoms with Gasteiger partial charge in [-0.15, -0.1) is 0 Å². The molecule has 0 atom stereocenters. The molecule has 1 aliphatic heterocycles. The van der Waals surface area contributed by atoms with E-state index in [4.69, 9.17) is 5.11 Å². The number of hydrogen-bond acceptors (Lipinski definition) is 4. The van der Waals surface area contributed by atoms with Gasteiger partial charge in [0.05, 0.1) is 0 Å². The van der Waals surface area contributed by atoms with Crippen LogP contribution in [0.25, 0.3) is 0 Å². The summed E-state index contributed by atoms with van der Waals surface area (Å²) < 4.78 is 26.1. The molecule has 21 heavy (non-hydrogen) atoms. The lowest BCUT2D eigenvalue weighted by Crippen LogP contribution is -2.45. The summed E-state index contributed by atoms with van der Waals surface area (Å²) in [5.41, 5.74) is -0.165. The molecule has 8 nitrogen and oxygen atoms in total. The minimum Gasteiger partial charge on any atom is -0.477 e. The fourth-order valence-corrected chi connectivity index (χ4v) is 3.79. The van der Waals surface area contributed by atoms with Crippen molar-refractivity contribution in [1.82, 2.24) is 14.6 Å². The molecule has 0 aromatic carbocycles. The van der Waals surface area contributed by atoms with Crippen LogP contribution in [-0.4, -0.2) is 53.8 Å². The Morgan fingerprint density at radius 1 is 1.38 bits per heavy atom. The predicted molar refractivity (Wildman–Crippen MR) is 73.3 cm³/mol. The summed E-state index contributed by atoms with van der Waals surface area (Å²) in [6.45, 7) is 2.01. The fourth-order valence-electron chi connectivity index (χ4n) is 2.32. The zero-order chi connectivity index (χ0) is 15.6. The van der Waals surface area contributed by atoms with E-state index in [9.17, 15) is 18.0 Å². The molecule has 0 aliphatic carbocycles. The zero-order valence-electron chi connectivity index (χ0n) is 11.5. The smallest absolute Gasteiger partial charge is 0.352 e. The molecular weight excluding hydrogens is 298 g/mol. The van der Waals surface area contributed by atoms with Crippen molar-refractivity contribution in [1.29, 1.82) is 0 Å². The van der Waals surface area contributed by atoms with Gasteiger partial charge in [0.15, 0.2) is 0 Å². The molecule has 0 spiro atoms. The monoisotopic (exact) mass is 315 g/mol. The summed E-state index contributed by atoms with van der Waals surface area (Å²) in [5.74, 6) is -1.34. The number of hydrogen-bond donors (Lipinski definition) is 3. The number of nitrogens with zero attached hydrogens (tertiary/aromatic N) is 1. The first-order valence-electron chi connectivity index (χ1n) is 6.49. The number of aromatic amines is 1. The number of aromatic nitrogens is 1. The SMILES string of the molecule is CC(=O)NC1CCN(S(=O)(=O)c2c[nH]c(C(=O)O)c2)CC1. The maximum absolute atomic E-state index is 12.4. The van der Waals surface area contributed by atoms with Crippen molar-refractivity contribution in [2.45, 2.75) is 30.7 Å². The number of sulfonamides is 1. The molecule has 1 aromatic rings. The van der Waals surface area contributed by atoms with Crippen molar-refractivity contribution < 1.29 is 23.1 Å². The van der Waals surface area contributed by atoms with Gasteiger partial charge >= 0.3 is 5.97 Å². The van der Waals surface area contributed by atoms with Gasteiger partial charge in [-0.3, -0.25) is 4.79 Å². The van der Waals surface area contributed by atoms with Crippen molar-refractivity contribution >= 4 is 21.9 Å². The van der Waals surface area contributed by atoms with Crippen LogP contribution in [0.5, 0.6) is 0 Å². The average molecular weight is 315 g/mol. The molecule has 1 fully saturated rings. The van der Waals surface area contributed by atoms with Gasteiger partial charge in [0, 0.05) is 32.3 Å². The van der Waals surface area contributed by atoms with Crippen LogP contribution >= 0.6 is 0 Å². The number of carboxylic acids is 1. The molecule has 9 heteroatoms. The zero-order valence-corrected chi connectivity index (χ0v) is 12.3. The van der Waals surface area contributed by atoms with Crippen molar-refractivity contribution in [3.05, 3.63) is 18.0 Å². The largest absolute Gasteiger partial charge is 0.477 e. The first-order chi connectivity index (χ1) is 9.80. The molecule has 2 heterocycles. The standard InChI is InChI=1S/C12H17N3O5S/c1-8(16)14-9-2-4-15(5-3-9)21(19,20)10-6-11(12(17)18)13-7-10/h6-7,9,13H,2-5H2,1H3,(H,14,16)(H,17,18). The van der Waals surface area contributed by atoms with E-state index in [1.165, 1.54) is 17.4 Å². The maximum atomic E-state index is 12.4. The van der Waals surface area contributed by atoms with Gasteiger partial charge in [0.1, 0.15) is 10.6 Å². The Morgan fingerprint density at radius 3 is 2.48 bits per heavy atom. The van der Waals surface area contributed by atoms with E-state index >= 15 is 0 Å². The van der Waals surface area contributed by atoms with E-state index in [-0.39, 0.29) is 22.5 Å². The van der Waals surface area contributed by atoms with Crippen LogP contribution in [0.2, 0.25) is 0 Å². The van der Waals surface area contributed by atoms with Crippen LogP contribution in [-0.2, 0) is 14.8 Å². The van der Waals surface area contributed by atoms with Gasteiger partial charge in [-0.1, -0.05) is 0 Å². The molecule has 1 aromatic heterocycles. The van der Waals surface area contributed by atoms with E-state index in [1.54, 1.807) is 0 Å². The average Bonchev–Trinajstić information content (AvgIpc) is 2.89. The van der Waals surface area contributed by atoms with Crippen molar-refractivity contribution in [3.63, 3.8) is 0 Å². The molecule has 3 N–H and O–H groups in total. The number of piperidine rings is 1. The Kier molecular flexibility index (Phi) is 4.33. The lowest BCUT2D eigenvalue weighted by atomic mass is 10.1. The minimum atomic E-state index is -3.70. The summed E-state index contributed by atoms with van der Waals surface area (Å²) in [6, 6.07) is 1.09. The van der Waals surface area contributed by atoms with E-state index in [0.717, 1.165) is 6.07 Å². The highest BCUT2D eigenvalue weighted by atomic mass is 32.2. The molecular formula is C12H17N3O5S. The number of H-pyrrole nitrogens is 1. The quantitative estimate of drug-likeness (QED) is 0.722. The van der Waals surface area contributed by atoms with Gasteiger partial charge in [0.2, 0.25) is 15.9 Å². The van der Waals surface area contributed by atoms with E-state index in [0.29, 0.717) is 25.9 Å². The number of carbonyl (C=O) groups excluding carboxylic acids is 1. The van der Waals surface area contributed by atoms with Crippen LogP contribution < -0.4 is 5.32 Å². The molecule has 0 bridgehead atoms. The second-order valence-corrected chi connectivity index (χ2v) is 6.87. The van der Waals surface area contributed by atoms with Crippen LogP contribution in [0.3, 0.4) is 0 Å². The van der Waals surface area contributed by atoms with E-state index in [1.807, 2.05) is 0 Å². The summed E-state index contributed by atoms with van der Waals surface area (Å²) >= 11 is 0. The number of carbonyl (C=O) groups is 2. The Balaban J connectivity index is 2.07. The topological polar surface area (TPSA) is 120 Å². The lowest BCUT2D eigenvalue weighted by Gasteiger charge is -2.31. The molecule has 2 rings (SSSR count). The maximum Gasteiger partial charge on any atom is 0.352 e. The summed E-state index contributed by atoms with van der Waals surface area (Å²) in [4.78, 5) is 24.1. The van der Waals surface area contributed by atoms with Crippen LogP contribution in [0.15, 0.2) is 17.2 Å². The van der Waals surface area contributed by atoms with Gasteiger partial charge in [-0.05, 0) is 18.9 Å². The van der Waals surface area contributed by atoms with Gasteiger partial charge < -0.3 is 15.4 Å². The molecule has 1 amide bonds. The number of rotatable bonds is 4. The fraction of sp³-hybridized carbons (Fsp3) is 0.500.